The molecule has 1 aliphatic heterocycles. The van der Waals surface area contributed by atoms with E-state index in [1.54, 1.807) is 24.3 Å². The first-order chi connectivity index (χ1) is 12.5. The van der Waals surface area contributed by atoms with Gasteiger partial charge in [0.15, 0.2) is 0 Å². The zero-order chi connectivity index (χ0) is 18.7. The number of hydrazine groups is 1. The average molecular weight is 376 g/mol. The van der Waals surface area contributed by atoms with Crippen LogP contribution in [-0.2, 0) is 11.2 Å². The number of aromatic hydroxyl groups is 1. The molecule has 0 spiro atoms. The zero-order valence-electron chi connectivity index (χ0n) is 14.7. The van der Waals surface area contributed by atoms with Crippen LogP contribution in [0.25, 0.3) is 0 Å². The van der Waals surface area contributed by atoms with Crippen LogP contribution in [0.4, 0.5) is 5.69 Å². The maximum absolute atomic E-state index is 12.6. The van der Waals surface area contributed by atoms with Crippen molar-refractivity contribution in [2.75, 3.05) is 12.4 Å². The summed E-state index contributed by atoms with van der Waals surface area (Å²) < 4.78 is 5.25. The predicted molar refractivity (Wildman–Crippen MR) is 102 cm³/mol. The van der Waals surface area contributed by atoms with Crippen LogP contribution in [0.3, 0.4) is 0 Å². The molecule has 0 bridgehead atoms. The number of hydrogen-bond acceptors (Lipinski definition) is 5. The molecule has 7 heteroatoms. The van der Waals surface area contributed by atoms with Gasteiger partial charge in [0, 0.05) is 10.6 Å². The maximum atomic E-state index is 12.6. The van der Waals surface area contributed by atoms with E-state index >= 15 is 0 Å². The molecule has 0 radical (unpaired) electrons. The van der Waals surface area contributed by atoms with E-state index in [9.17, 15) is 9.90 Å². The smallest absolute Gasteiger partial charge is 0.243 e. The minimum absolute atomic E-state index is 0.154. The van der Waals surface area contributed by atoms with Gasteiger partial charge in [-0.25, -0.2) is 10.9 Å². The van der Waals surface area contributed by atoms with Crippen LogP contribution in [0.5, 0.6) is 11.5 Å². The van der Waals surface area contributed by atoms with Crippen molar-refractivity contribution in [1.82, 2.24) is 10.9 Å². The predicted octanol–water partition coefficient (Wildman–Crippen LogP) is 3.16. The lowest BCUT2D eigenvalue weighted by Gasteiger charge is -2.14. The Bertz CT molecular complexity index is 813. The van der Waals surface area contributed by atoms with Crippen molar-refractivity contribution >= 4 is 23.2 Å². The first-order valence-electron chi connectivity index (χ1n) is 8.49. The third-order valence-corrected chi connectivity index (χ3v) is 4.75. The summed E-state index contributed by atoms with van der Waals surface area (Å²) in [5.41, 5.74) is 8.53. The van der Waals surface area contributed by atoms with E-state index in [1.807, 2.05) is 12.1 Å². The molecular weight excluding hydrogens is 354 g/mol. The van der Waals surface area contributed by atoms with Crippen molar-refractivity contribution < 1.29 is 14.6 Å². The standard InChI is InChI=1S/C19H22ClN3O3/c1-3-11-4-6-17(24)13(8-11)14-10-16(23-22-14)19(25)21-15-9-12(20)5-7-18(15)26-2/h4-9,14,16,22-24H,3,10H2,1-2H3,(H,21,25). The molecule has 0 aromatic heterocycles. The van der Waals surface area contributed by atoms with E-state index in [0.29, 0.717) is 22.9 Å². The molecule has 6 nitrogen and oxygen atoms in total. The Morgan fingerprint density at radius 3 is 2.85 bits per heavy atom. The van der Waals surface area contributed by atoms with Crippen LogP contribution in [0, 0.1) is 0 Å². The van der Waals surface area contributed by atoms with Gasteiger partial charge in [-0.05, 0) is 42.7 Å². The summed E-state index contributed by atoms with van der Waals surface area (Å²) in [7, 11) is 1.54. The highest BCUT2D eigenvalue weighted by atomic mass is 35.5. The van der Waals surface area contributed by atoms with Gasteiger partial charge in [0.2, 0.25) is 5.91 Å². The molecule has 3 rings (SSSR count). The lowest BCUT2D eigenvalue weighted by atomic mass is 9.98. The lowest BCUT2D eigenvalue weighted by molar-refractivity contribution is -0.117. The fourth-order valence-electron chi connectivity index (χ4n) is 3.03. The summed E-state index contributed by atoms with van der Waals surface area (Å²) in [6.07, 6.45) is 1.39. The maximum Gasteiger partial charge on any atom is 0.243 e. The van der Waals surface area contributed by atoms with Crippen LogP contribution in [0.1, 0.15) is 30.5 Å². The van der Waals surface area contributed by atoms with Crippen molar-refractivity contribution in [1.29, 1.82) is 0 Å². The Kier molecular flexibility index (Phi) is 5.66. The molecule has 0 aliphatic carbocycles. The Labute approximate surface area is 157 Å². The highest BCUT2D eigenvalue weighted by Gasteiger charge is 2.32. The van der Waals surface area contributed by atoms with Crippen LogP contribution < -0.4 is 20.9 Å². The van der Waals surface area contributed by atoms with Gasteiger partial charge in [0.1, 0.15) is 17.5 Å². The van der Waals surface area contributed by atoms with Crippen LogP contribution in [0.15, 0.2) is 36.4 Å². The summed E-state index contributed by atoms with van der Waals surface area (Å²) in [5.74, 6) is 0.560. The number of amides is 1. The molecule has 2 aromatic rings. The highest BCUT2D eigenvalue weighted by Crippen LogP contribution is 2.32. The molecular formula is C19H22ClN3O3. The number of methoxy groups -OCH3 is 1. The minimum Gasteiger partial charge on any atom is -0.508 e. The van der Waals surface area contributed by atoms with Gasteiger partial charge < -0.3 is 15.2 Å². The molecule has 1 saturated heterocycles. The second kappa shape index (κ2) is 7.95. The first kappa shape index (κ1) is 18.5. The third kappa shape index (κ3) is 3.93. The number of rotatable bonds is 5. The Hall–Kier alpha value is -2.28. The number of benzene rings is 2. The number of phenolic OH excluding ortho intramolecular Hbond substituents is 1. The van der Waals surface area contributed by atoms with E-state index in [4.69, 9.17) is 16.3 Å². The van der Waals surface area contributed by atoms with Gasteiger partial charge in [-0.3, -0.25) is 4.79 Å². The Balaban J connectivity index is 1.71. The van der Waals surface area contributed by atoms with Gasteiger partial charge in [-0.15, -0.1) is 0 Å². The molecule has 2 atom stereocenters. The van der Waals surface area contributed by atoms with Crippen LogP contribution in [-0.4, -0.2) is 24.2 Å². The average Bonchev–Trinajstić information content (AvgIpc) is 3.12. The van der Waals surface area contributed by atoms with E-state index in [2.05, 4.69) is 23.1 Å². The second-order valence-corrected chi connectivity index (χ2v) is 6.65. The number of carbonyl (C=O) groups excluding carboxylic acids is 1. The first-order valence-corrected chi connectivity index (χ1v) is 8.86. The van der Waals surface area contributed by atoms with Crippen molar-refractivity contribution in [3.63, 3.8) is 0 Å². The second-order valence-electron chi connectivity index (χ2n) is 6.21. The summed E-state index contributed by atoms with van der Waals surface area (Å²) >= 11 is 6.00. The Morgan fingerprint density at radius 2 is 2.12 bits per heavy atom. The SMILES string of the molecule is CCc1ccc(O)c(C2CC(C(=O)Nc3cc(Cl)ccc3OC)NN2)c1. The van der Waals surface area contributed by atoms with Crippen molar-refractivity contribution in [3.05, 3.63) is 52.5 Å². The fraction of sp³-hybridized carbons (Fsp3) is 0.316. The minimum atomic E-state index is -0.451. The largest absolute Gasteiger partial charge is 0.508 e. The number of ether oxygens (including phenoxy) is 1. The summed E-state index contributed by atoms with van der Waals surface area (Å²) in [6, 6.07) is 10.0. The third-order valence-electron chi connectivity index (χ3n) is 4.51. The summed E-state index contributed by atoms with van der Waals surface area (Å²) in [6.45, 7) is 2.06. The normalized spacial score (nSPS) is 19.3. The monoisotopic (exact) mass is 375 g/mol. The topological polar surface area (TPSA) is 82.6 Å². The molecule has 26 heavy (non-hydrogen) atoms. The highest BCUT2D eigenvalue weighted by molar-refractivity contribution is 6.31. The van der Waals surface area contributed by atoms with Crippen LogP contribution >= 0.6 is 11.6 Å². The number of hydrogen-bond donors (Lipinski definition) is 4. The number of carbonyl (C=O) groups is 1. The van der Waals surface area contributed by atoms with E-state index in [1.165, 1.54) is 7.11 Å². The number of phenols is 1. The molecule has 0 saturated carbocycles. The molecule has 138 valence electrons. The zero-order valence-corrected chi connectivity index (χ0v) is 15.4. The van der Waals surface area contributed by atoms with Crippen molar-refractivity contribution in [2.24, 2.45) is 0 Å². The molecule has 1 heterocycles. The molecule has 4 N–H and O–H groups in total. The molecule has 1 aliphatic rings. The van der Waals surface area contributed by atoms with E-state index in [-0.39, 0.29) is 17.7 Å². The fourth-order valence-corrected chi connectivity index (χ4v) is 3.20. The van der Waals surface area contributed by atoms with Gasteiger partial charge in [-0.1, -0.05) is 30.7 Å². The van der Waals surface area contributed by atoms with E-state index in [0.717, 1.165) is 17.5 Å². The van der Waals surface area contributed by atoms with Gasteiger partial charge in [0.25, 0.3) is 0 Å². The summed E-state index contributed by atoms with van der Waals surface area (Å²) in [5, 5.41) is 13.5. The van der Waals surface area contributed by atoms with Crippen LogP contribution in [0.2, 0.25) is 5.02 Å². The van der Waals surface area contributed by atoms with E-state index < -0.39 is 6.04 Å². The number of aryl methyl sites for hydroxylation is 1. The summed E-state index contributed by atoms with van der Waals surface area (Å²) in [4.78, 5) is 12.6. The molecule has 2 unspecified atom stereocenters. The Morgan fingerprint density at radius 1 is 1.31 bits per heavy atom. The molecule has 1 fully saturated rings. The number of nitrogens with one attached hydrogen (secondary N) is 3. The number of halogens is 1. The lowest BCUT2D eigenvalue weighted by Crippen LogP contribution is -2.39. The van der Waals surface area contributed by atoms with Crippen molar-refractivity contribution in [3.8, 4) is 11.5 Å². The quantitative estimate of drug-likeness (QED) is 0.645. The van der Waals surface area contributed by atoms with Gasteiger partial charge >= 0.3 is 0 Å². The molecule has 1 amide bonds. The molecule has 2 aromatic carbocycles. The van der Waals surface area contributed by atoms with Crippen molar-refractivity contribution in [2.45, 2.75) is 31.8 Å². The van der Waals surface area contributed by atoms with Gasteiger partial charge in [-0.2, -0.15) is 0 Å². The van der Waals surface area contributed by atoms with Gasteiger partial charge in [0.05, 0.1) is 18.8 Å². The number of anilines is 1.